The van der Waals surface area contributed by atoms with Gasteiger partial charge in [-0.25, -0.2) is 4.39 Å². The van der Waals surface area contributed by atoms with Gasteiger partial charge in [-0.05, 0) is 67.7 Å². The molecule has 1 aliphatic heterocycles. The third kappa shape index (κ3) is 3.27. The Morgan fingerprint density at radius 2 is 1.94 bits per heavy atom. The number of aromatic nitrogens is 1. The van der Waals surface area contributed by atoms with Crippen LogP contribution in [0.1, 0.15) is 37.5 Å². The first-order chi connectivity index (χ1) is 15.4. The maximum absolute atomic E-state index is 13.5. The Kier molecular flexibility index (Phi) is 5.17. The molecule has 0 saturated heterocycles. The molecule has 2 atom stereocenters. The monoisotopic (exact) mass is 431 g/mol. The van der Waals surface area contributed by atoms with E-state index in [1.807, 2.05) is 30.9 Å². The van der Waals surface area contributed by atoms with Gasteiger partial charge < -0.3 is 9.88 Å². The number of halogens is 1. The zero-order chi connectivity index (χ0) is 22.5. The fraction of sp³-hybridized carbons (Fsp3) is 0.370. The number of fused-ring (bicyclic) bond motifs is 2. The van der Waals surface area contributed by atoms with Crippen molar-refractivity contribution < 1.29 is 9.18 Å². The smallest absolute Gasteiger partial charge is 0.230 e. The molecule has 5 rings (SSSR count). The van der Waals surface area contributed by atoms with E-state index in [1.165, 1.54) is 34.2 Å². The highest BCUT2D eigenvalue weighted by Crippen LogP contribution is 2.48. The first kappa shape index (κ1) is 21.0. The summed E-state index contributed by atoms with van der Waals surface area (Å²) in [6.07, 6.45) is 5.23. The molecule has 5 heteroatoms. The quantitative estimate of drug-likeness (QED) is 0.617. The number of carbonyl (C=O) groups excluding carboxylic acids is 1. The summed E-state index contributed by atoms with van der Waals surface area (Å²) in [5.74, 6) is -0.245. The Bertz CT molecular complexity index is 1190. The molecule has 1 unspecified atom stereocenters. The molecule has 2 heterocycles. The minimum atomic E-state index is -0.238. The van der Waals surface area contributed by atoms with Crippen molar-refractivity contribution in [1.29, 1.82) is 0 Å². The molecule has 1 aromatic heterocycles. The lowest BCUT2D eigenvalue weighted by molar-refractivity contribution is -0.134. The number of nitrogens with one attached hydrogen (secondary N) is 1. The van der Waals surface area contributed by atoms with Crippen molar-refractivity contribution >= 4 is 22.4 Å². The highest BCUT2D eigenvalue weighted by atomic mass is 19.1. The number of benzene rings is 2. The second-order valence-corrected chi connectivity index (χ2v) is 9.20. The summed E-state index contributed by atoms with van der Waals surface area (Å²) in [6.45, 7) is 9.10. The lowest BCUT2D eigenvalue weighted by Gasteiger charge is -2.50. The van der Waals surface area contributed by atoms with E-state index in [9.17, 15) is 9.18 Å². The van der Waals surface area contributed by atoms with E-state index >= 15 is 0 Å². The fourth-order valence-electron chi connectivity index (χ4n) is 5.59. The van der Waals surface area contributed by atoms with Gasteiger partial charge in [0, 0.05) is 48.8 Å². The van der Waals surface area contributed by atoms with Crippen molar-refractivity contribution in [2.75, 3.05) is 19.6 Å². The van der Waals surface area contributed by atoms with Crippen LogP contribution in [0.25, 0.3) is 16.5 Å². The molecule has 0 radical (unpaired) electrons. The van der Waals surface area contributed by atoms with Crippen molar-refractivity contribution in [3.63, 3.8) is 0 Å². The van der Waals surface area contributed by atoms with Gasteiger partial charge in [-0.1, -0.05) is 30.3 Å². The Hall–Kier alpha value is -2.92. The van der Waals surface area contributed by atoms with E-state index in [0.717, 1.165) is 17.5 Å². The maximum atomic E-state index is 13.5. The standard InChI is InChI=1S/C27H30FN3O/c1-4-30(5-2)26(32)19-13-23-22-7-6-8-24-25(22)20(15-29-24)14-27(23,3)31(17-19)16-18-9-11-21(28)12-10-18/h6-13,15,19,29H,4-5,14,16-17H2,1-3H3/t19-,27?/m1/s1. The third-order valence-corrected chi connectivity index (χ3v) is 7.35. The van der Waals surface area contributed by atoms with Gasteiger partial charge in [0.15, 0.2) is 0 Å². The number of hydrogen-bond acceptors (Lipinski definition) is 2. The number of amides is 1. The SMILES string of the molecule is CCN(CC)C(=O)[C@@H]1C=C2c3cccc4[nH]cc(c34)CC2(C)N(Cc2ccc(F)cc2)C1. The van der Waals surface area contributed by atoms with Crippen LogP contribution in [0.3, 0.4) is 0 Å². The number of rotatable bonds is 5. The summed E-state index contributed by atoms with van der Waals surface area (Å²) in [5, 5.41) is 1.27. The molecule has 1 amide bonds. The lowest BCUT2D eigenvalue weighted by atomic mass is 9.70. The van der Waals surface area contributed by atoms with Crippen LogP contribution in [0.5, 0.6) is 0 Å². The van der Waals surface area contributed by atoms with Crippen molar-refractivity contribution in [2.45, 2.75) is 39.3 Å². The van der Waals surface area contributed by atoms with Crippen molar-refractivity contribution in [1.82, 2.24) is 14.8 Å². The molecule has 0 spiro atoms. The topological polar surface area (TPSA) is 39.3 Å². The van der Waals surface area contributed by atoms with Crippen LogP contribution in [0.4, 0.5) is 4.39 Å². The van der Waals surface area contributed by atoms with Crippen molar-refractivity contribution in [3.05, 3.63) is 77.2 Å². The molecule has 3 aromatic rings. The Morgan fingerprint density at radius 3 is 2.66 bits per heavy atom. The molecule has 0 fully saturated rings. The molecule has 32 heavy (non-hydrogen) atoms. The largest absolute Gasteiger partial charge is 0.361 e. The van der Waals surface area contributed by atoms with Crippen molar-refractivity contribution in [3.8, 4) is 0 Å². The van der Waals surface area contributed by atoms with Crippen LogP contribution >= 0.6 is 0 Å². The average molecular weight is 432 g/mol. The van der Waals surface area contributed by atoms with Gasteiger partial charge in [-0.3, -0.25) is 9.69 Å². The first-order valence-corrected chi connectivity index (χ1v) is 11.5. The van der Waals surface area contributed by atoms with E-state index in [0.29, 0.717) is 26.2 Å². The Labute approximate surface area is 188 Å². The summed E-state index contributed by atoms with van der Waals surface area (Å²) in [6, 6.07) is 13.1. The Morgan fingerprint density at radius 1 is 1.19 bits per heavy atom. The van der Waals surface area contributed by atoms with E-state index < -0.39 is 0 Å². The molecule has 2 aromatic carbocycles. The first-order valence-electron chi connectivity index (χ1n) is 11.5. The molecule has 0 bridgehead atoms. The van der Waals surface area contributed by atoms with Crippen LogP contribution in [-0.2, 0) is 17.8 Å². The highest BCUT2D eigenvalue weighted by molar-refractivity contribution is 6.00. The van der Waals surface area contributed by atoms with E-state index in [1.54, 1.807) is 0 Å². The average Bonchev–Trinajstić information content (AvgIpc) is 3.20. The Balaban J connectivity index is 1.62. The maximum Gasteiger partial charge on any atom is 0.230 e. The number of nitrogens with zero attached hydrogens (tertiary/aromatic N) is 2. The number of hydrogen-bond donors (Lipinski definition) is 1. The van der Waals surface area contributed by atoms with Gasteiger partial charge in [-0.15, -0.1) is 0 Å². The van der Waals surface area contributed by atoms with Gasteiger partial charge in [0.1, 0.15) is 5.82 Å². The summed E-state index contributed by atoms with van der Waals surface area (Å²) >= 11 is 0. The minimum absolute atomic E-state index is 0.181. The van der Waals surface area contributed by atoms with E-state index in [2.05, 4.69) is 47.3 Å². The van der Waals surface area contributed by atoms with Crippen LogP contribution in [0, 0.1) is 11.7 Å². The van der Waals surface area contributed by atoms with Crippen LogP contribution in [0.15, 0.2) is 54.7 Å². The second-order valence-electron chi connectivity index (χ2n) is 9.20. The summed E-state index contributed by atoms with van der Waals surface area (Å²) in [4.78, 5) is 21.2. The summed E-state index contributed by atoms with van der Waals surface area (Å²) in [5.41, 5.74) is 5.72. The normalized spacial score (nSPS) is 22.5. The summed E-state index contributed by atoms with van der Waals surface area (Å²) in [7, 11) is 0. The van der Waals surface area contributed by atoms with Crippen LogP contribution in [0.2, 0.25) is 0 Å². The van der Waals surface area contributed by atoms with Gasteiger partial charge in [0.05, 0.1) is 5.92 Å². The number of carbonyl (C=O) groups is 1. The highest BCUT2D eigenvalue weighted by Gasteiger charge is 2.46. The van der Waals surface area contributed by atoms with E-state index in [4.69, 9.17) is 0 Å². The predicted molar refractivity (Wildman–Crippen MR) is 127 cm³/mol. The summed E-state index contributed by atoms with van der Waals surface area (Å²) < 4.78 is 13.5. The van der Waals surface area contributed by atoms with Gasteiger partial charge >= 0.3 is 0 Å². The molecule has 166 valence electrons. The van der Waals surface area contributed by atoms with Crippen LogP contribution in [-0.4, -0.2) is 45.9 Å². The molecular formula is C27H30FN3O. The number of aromatic amines is 1. The minimum Gasteiger partial charge on any atom is -0.361 e. The fourth-order valence-corrected chi connectivity index (χ4v) is 5.59. The molecule has 1 aliphatic carbocycles. The lowest BCUT2D eigenvalue weighted by Crippen LogP contribution is -2.56. The zero-order valence-electron chi connectivity index (χ0n) is 19.0. The van der Waals surface area contributed by atoms with Gasteiger partial charge in [0.25, 0.3) is 0 Å². The predicted octanol–water partition coefficient (Wildman–Crippen LogP) is 5.01. The van der Waals surface area contributed by atoms with Crippen molar-refractivity contribution in [2.24, 2.45) is 5.92 Å². The number of H-pyrrole nitrogens is 1. The second kappa shape index (κ2) is 7.89. The molecular weight excluding hydrogens is 401 g/mol. The van der Waals surface area contributed by atoms with E-state index in [-0.39, 0.29) is 23.2 Å². The molecule has 1 N–H and O–H groups in total. The molecule has 4 nitrogen and oxygen atoms in total. The van der Waals surface area contributed by atoms with Gasteiger partial charge in [-0.2, -0.15) is 0 Å². The van der Waals surface area contributed by atoms with Gasteiger partial charge in [0.2, 0.25) is 5.91 Å². The molecule has 2 aliphatic rings. The zero-order valence-corrected chi connectivity index (χ0v) is 19.0. The third-order valence-electron chi connectivity index (χ3n) is 7.35. The van der Waals surface area contributed by atoms with Crippen LogP contribution < -0.4 is 0 Å². The molecule has 0 saturated carbocycles.